The molecule has 6 nitrogen and oxygen atoms in total. The van der Waals surface area contributed by atoms with E-state index in [0.717, 1.165) is 56.0 Å². The number of halogens is 1. The predicted molar refractivity (Wildman–Crippen MR) is 111 cm³/mol. The van der Waals surface area contributed by atoms with Gasteiger partial charge in [0, 0.05) is 13.1 Å². The SMILES string of the molecule is Cc1nc(CN2CCC(CNC(N)=NCC3CCC3)CC2)oc1C.I. The van der Waals surface area contributed by atoms with E-state index in [9.17, 15) is 0 Å². The number of nitrogens with two attached hydrogens (primary N) is 1. The minimum Gasteiger partial charge on any atom is -0.444 e. The number of oxazole rings is 1. The van der Waals surface area contributed by atoms with Gasteiger partial charge in [-0.05, 0) is 64.5 Å². The van der Waals surface area contributed by atoms with Crippen molar-refractivity contribution in [3.8, 4) is 0 Å². The Bertz CT molecular complexity index is 542. The highest BCUT2D eigenvalue weighted by Crippen LogP contribution is 2.26. The quantitative estimate of drug-likeness (QED) is 0.387. The largest absolute Gasteiger partial charge is 0.444 e. The molecule has 3 N–H and O–H groups in total. The molecular formula is C18H32IN5O. The average Bonchev–Trinajstić information content (AvgIpc) is 2.83. The molecule has 1 aliphatic heterocycles. The molecule has 0 atom stereocenters. The fraction of sp³-hybridized carbons (Fsp3) is 0.778. The van der Waals surface area contributed by atoms with Crippen molar-refractivity contribution in [2.75, 3.05) is 26.2 Å². The molecule has 0 spiro atoms. The van der Waals surface area contributed by atoms with Gasteiger partial charge in [-0.15, -0.1) is 24.0 Å². The Labute approximate surface area is 168 Å². The summed E-state index contributed by atoms with van der Waals surface area (Å²) in [5.74, 6) is 3.84. The van der Waals surface area contributed by atoms with Crippen LogP contribution in [-0.4, -0.2) is 42.0 Å². The molecule has 3 rings (SSSR count). The summed E-state index contributed by atoms with van der Waals surface area (Å²) in [5, 5.41) is 3.31. The van der Waals surface area contributed by atoms with Crippen molar-refractivity contribution in [1.29, 1.82) is 0 Å². The Hall–Kier alpha value is -0.830. The van der Waals surface area contributed by atoms with Gasteiger partial charge < -0.3 is 15.5 Å². The number of hydrogen-bond acceptors (Lipinski definition) is 4. The van der Waals surface area contributed by atoms with Crippen molar-refractivity contribution in [2.24, 2.45) is 22.6 Å². The van der Waals surface area contributed by atoms with Crippen LogP contribution in [0.5, 0.6) is 0 Å². The Morgan fingerprint density at radius 3 is 2.52 bits per heavy atom. The summed E-state index contributed by atoms with van der Waals surface area (Å²) in [6, 6.07) is 0. The van der Waals surface area contributed by atoms with Crippen molar-refractivity contribution in [3.63, 3.8) is 0 Å². The first-order valence-electron chi connectivity index (χ1n) is 9.29. The second kappa shape index (κ2) is 9.75. The lowest BCUT2D eigenvalue weighted by Crippen LogP contribution is -2.40. The molecule has 0 radical (unpaired) electrons. The third-order valence-electron chi connectivity index (χ3n) is 5.46. The lowest BCUT2D eigenvalue weighted by Gasteiger charge is -2.31. The maximum Gasteiger partial charge on any atom is 0.208 e. The van der Waals surface area contributed by atoms with Gasteiger partial charge in [0.1, 0.15) is 5.76 Å². The molecular weight excluding hydrogens is 429 g/mol. The van der Waals surface area contributed by atoms with Gasteiger partial charge in [0.05, 0.1) is 12.2 Å². The van der Waals surface area contributed by atoms with E-state index in [2.05, 4.69) is 20.2 Å². The van der Waals surface area contributed by atoms with Gasteiger partial charge in [0.25, 0.3) is 0 Å². The van der Waals surface area contributed by atoms with Gasteiger partial charge >= 0.3 is 0 Å². The van der Waals surface area contributed by atoms with Crippen LogP contribution in [0.15, 0.2) is 9.41 Å². The molecule has 2 heterocycles. The van der Waals surface area contributed by atoms with Crippen LogP contribution in [-0.2, 0) is 6.54 Å². The zero-order valence-electron chi connectivity index (χ0n) is 15.5. The molecule has 0 unspecified atom stereocenters. The van der Waals surface area contributed by atoms with Crippen LogP contribution in [0, 0.1) is 25.7 Å². The van der Waals surface area contributed by atoms with Crippen LogP contribution in [0.1, 0.15) is 49.4 Å². The minimum absolute atomic E-state index is 0. The van der Waals surface area contributed by atoms with E-state index >= 15 is 0 Å². The van der Waals surface area contributed by atoms with Gasteiger partial charge in [0.15, 0.2) is 5.96 Å². The van der Waals surface area contributed by atoms with Crippen LogP contribution in [0.2, 0.25) is 0 Å². The maximum atomic E-state index is 5.97. The summed E-state index contributed by atoms with van der Waals surface area (Å²) in [7, 11) is 0. The number of nitrogens with zero attached hydrogens (tertiary/aromatic N) is 3. The predicted octanol–water partition coefficient (Wildman–Crippen LogP) is 2.83. The molecule has 1 aromatic rings. The molecule has 2 aliphatic rings. The highest BCUT2D eigenvalue weighted by Gasteiger charge is 2.21. The lowest BCUT2D eigenvalue weighted by atomic mass is 9.86. The summed E-state index contributed by atoms with van der Waals surface area (Å²) >= 11 is 0. The van der Waals surface area contributed by atoms with Gasteiger partial charge in [-0.3, -0.25) is 9.89 Å². The van der Waals surface area contributed by atoms with Crippen molar-refractivity contribution in [2.45, 2.75) is 52.5 Å². The Morgan fingerprint density at radius 1 is 1.24 bits per heavy atom. The Balaban J connectivity index is 0.00000225. The topological polar surface area (TPSA) is 79.7 Å². The third kappa shape index (κ3) is 6.13. The first-order chi connectivity index (χ1) is 11.6. The van der Waals surface area contributed by atoms with E-state index < -0.39 is 0 Å². The van der Waals surface area contributed by atoms with Gasteiger partial charge in [-0.2, -0.15) is 0 Å². The van der Waals surface area contributed by atoms with E-state index in [1.54, 1.807) is 0 Å². The molecule has 7 heteroatoms. The number of guanidine groups is 1. The molecule has 1 saturated heterocycles. The van der Waals surface area contributed by atoms with Gasteiger partial charge in [-0.25, -0.2) is 4.98 Å². The molecule has 1 aromatic heterocycles. The number of aliphatic imine (C=N–C) groups is 1. The van der Waals surface area contributed by atoms with E-state index in [1.165, 1.54) is 32.1 Å². The average molecular weight is 461 g/mol. The normalized spacial score (nSPS) is 20.2. The molecule has 25 heavy (non-hydrogen) atoms. The standard InChI is InChI=1S/C18H31N5O.HI/c1-13-14(2)24-17(22-13)12-23-8-6-16(7-9-23)11-21-18(19)20-10-15-4-3-5-15;/h15-16H,3-12H2,1-2H3,(H3,19,20,21);1H. The smallest absolute Gasteiger partial charge is 0.208 e. The highest BCUT2D eigenvalue weighted by molar-refractivity contribution is 14.0. The van der Waals surface area contributed by atoms with E-state index in [4.69, 9.17) is 10.2 Å². The summed E-state index contributed by atoms with van der Waals surface area (Å²) < 4.78 is 5.69. The van der Waals surface area contributed by atoms with E-state index in [-0.39, 0.29) is 24.0 Å². The van der Waals surface area contributed by atoms with Crippen LogP contribution in [0.25, 0.3) is 0 Å². The first-order valence-corrected chi connectivity index (χ1v) is 9.29. The summed E-state index contributed by atoms with van der Waals surface area (Å²) in [5.41, 5.74) is 6.97. The minimum atomic E-state index is 0. The molecule has 0 aromatic carbocycles. The number of nitrogens with one attached hydrogen (secondary N) is 1. The lowest BCUT2D eigenvalue weighted by molar-refractivity contribution is 0.164. The van der Waals surface area contributed by atoms with Crippen LogP contribution in [0.3, 0.4) is 0 Å². The summed E-state index contributed by atoms with van der Waals surface area (Å²) in [6.45, 7) is 8.80. The second-order valence-electron chi connectivity index (χ2n) is 7.37. The van der Waals surface area contributed by atoms with E-state index in [1.807, 2.05) is 13.8 Å². The van der Waals surface area contributed by atoms with Crippen molar-refractivity contribution in [1.82, 2.24) is 15.2 Å². The third-order valence-corrected chi connectivity index (χ3v) is 5.46. The molecule has 1 saturated carbocycles. The zero-order valence-corrected chi connectivity index (χ0v) is 17.8. The number of likely N-dealkylation sites (tertiary alicyclic amines) is 1. The number of hydrogen-bond donors (Lipinski definition) is 2. The number of aryl methyl sites for hydroxylation is 2. The Kier molecular flexibility index (Phi) is 7.99. The highest BCUT2D eigenvalue weighted by atomic mass is 127. The molecule has 0 amide bonds. The molecule has 2 fully saturated rings. The molecule has 0 bridgehead atoms. The monoisotopic (exact) mass is 461 g/mol. The van der Waals surface area contributed by atoms with Crippen LogP contribution >= 0.6 is 24.0 Å². The fourth-order valence-electron chi connectivity index (χ4n) is 3.35. The zero-order chi connectivity index (χ0) is 16.9. The number of rotatable bonds is 6. The maximum absolute atomic E-state index is 5.97. The number of aromatic nitrogens is 1. The Morgan fingerprint density at radius 2 is 1.96 bits per heavy atom. The fourth-order valence-corrected chi connectivity index (χ4v) is 3.35. The van der Waals surface area contributed by atoms with E-state index in [0.29, 0.717) is 11.9 Å². The number of piperidine rings is 1. The second-order valence-corrected chi connectivity index (χ2v) is 7.37. The molecule has 1 aliphatic carbocycles. The van der Waals surface area contributed by atoms with Gasteiger partial charge in [-0.1, -0.05) is 6.42 Å². The first kappa shape index (κ1) is 20.5. The van der Waals surface area contributed by atoms with Crippen molar-refractivity contribution >= 4 is 29.9 Å². The summed E-state index contributed by atoms with van der Waals surface area (Å²) in [6.07, 6.45) is 6.36. The van der Waals surface area contributed by atoms with Crippen molar-refractivity contribution in [3.05, 3.63) is 17.3 Å². The van der Waals surface area contributed by atoms with Gasteiger partial charge in [0.2, 0.25) is 5.89 Å². The van der Waals surface area contributed by atoms with Crippen LogP contribution < -0.4 is 11.1 Å². The van der Waals surface area contributed by atoms with Crippen LogP contribution in [0.4, 0.5) is 0 Å². The molecule has 142 valence electrons. The van der Waals surface area contributed by atoms with Crippen molar-refractivity contribution < 1.29 is 4.42 Å². The summed E-state index contributed by atoms with van der Waals surface area (Å²) in [4.78, 5) is 11.4.